The van der Waals surface area contributed by atoms with Crippen LogP contribution in [-0.2, 0) is 6.54 Å². The van der Waals surface area contributed by atoms with Crippen LogP contribution in [0, 0.1) is 0 Å². The zero-order valence-electron chi connectivity index (χ0n) is 13.2. The van der Waals surface area contributed by atoms with E-state index in [9.17, 15) is 9.90 Å². The third-order valence-electron chi connectivity index (χ3n) is 3.65. The minimum absolute atomic E-state index is 0.0885. The summed E-state index contributed by atoms with van der Waals surface area (Å²) in [5.41, 5.74) is 1.69. The van der Waals surface area contributed by atoms with Crippen molar-refractivity contribution in [1.29, 1.82) is 0 Å². The molecule has 120 valence electrons. The number of rotatable bonds is 4. The van der Waals surface area contributed by atoms with Crippen LogP contribution in [0.4, 0.5) is 0 Å². The maximum atomic E-state index is 11.5. The summed E-state index contributed by atoms with van der Waals surface area (Å²) in [7, 11) is 1.62. The molecule has 3 N–H and O–H groups in total. The number of likely N-dealkylation sites (tertiary alicyclic amines) is 1. The number of guanidine groups is 1. The average Bonchev–Trinajstić information content (AvgIpc) is 2.97. The zero-order valence-corrected chi connectivity index (χ0v) is 13.2. The molecular weight excluding hydrogens is 280 g/mol. The van der Waals surface area contributed by atoms with Gasteiger partial charge in [0.15, 0.2) is 5.96 Å². The van der Waals surface area contributed by atoms with E-state index in [2.05, 4.69) is 20.5 Å². The van der Waals surface area contributed by atoms with Crippen molar-refractivity contribution in [3.05, 3.63) is 35.4 Å². The van der Waals surface area contributed by atoms with Crippen molar-refractivity contribution in [3.63, 3.8) is 0 Å². The smallest absolute Gasteiger partial charge is 0.251 e. The lowest BCUT2D eigenvalue weighted by Gasteiger charge is -2.20. The van der Waals surface area contributed by atoms with Crippen molar-refractivity contribution in [2.45, 2.75) is 26.0 Å². The Balaban J connectivity index is 2.02. The van der Waals surface area contributed by atoms with Gasteiger partial charge in [-0.25, -0.2) is 4.99 Å². The fourth-order valence-electron chi connectivity index (χ4n) is 2.43. The number of aliphatic hydroxyl groups excluding tert-OH is 1. The lowest BCUT2D eigenvalue weighted by Crippen LogP contribution is -2.40. The molecule has 1 aliphatic rings. The van der Waals surface area contributed by atoms with Crippen LogP contribution in [0.1, 0.15) is 29.3 Å². The van der Waals surface area contributed by atoms with Crippen LogP contribution in [0.3, 0.4) is 0 Å². The highest BCUT2D eigenvalue weighted by atomic mass is 16.3. The molecule has 1 amide bonds. The van der Waals surface area contributed by atoms with Gasteiger partial charge in [-0.3, -0.25) is 4.79 Å². The van der Waals surface area contributed by atoms with Crippen LogP contribution in [0.5, 0.6) is 0 Å². The van der Waals surface area contributed by atoms with E-state index in [1.165, 1.54) is 0 Å². The molecule has 6 heteroatoms. The first-order valence-electron chi connectivity index (χ1n) is 7.66. The lowest BCUT2D eigenvalue weighted by molar-refractivity contribution is 0.0963. The van der Waals surface area contributed by atoms with E-state index >= 15 is 0 Å². The van der Waals surface area contributed by atoms with Crippen molar-refractivity contribution in [2.24, 2.45) is 4.99 Å². The van der Waals surface area contributed by atoms with E-state index in [0.717, 1.165) is 31.0 Å². The number of amides is 1. The summed E-state index contributed by atoms with van der Waals surface area (Å²) in [6.45, 7) is 4.81. The quantitative estimate of drug-likeness (QED) is 0.562. The van der Waals surface area contributed by atoms with Crippen LogP contribution in [-0.4, -0.2) is 54.7 Å². The Morgan fingerprint density at radius 1 is 1.41 bits per heavy atom. The summed E-state index contributed by atoms with van der Waals surface area (Å²) in [6, 6.07) is 7.43. The number of carbonyl (C=O) groups excluding carboxylic acids is 1. The van der Waals surface area contributed by atoms with Crippen molar-refractivity contribution in [2.75, 3.05) is 26.7 Å². The second kappa shape index (κ2) is 7.79. The van der Waals surface area contributed by atoms with Gasteiger partial charge in [-0.1, -0.05) is 12.1 Å². The SMILES string of the molecule is CCNC(=NCc1ccc(C(=O)NC)cc1)N1CC[C@@H](O)C1. The van der Waals surface area contributed by atoms with Crippen LogP contribution in [0.15, 0.2) is 29.3 Å². The van der Waals surface area contributed by atoms with E-state index in [1.54, 1.807) is 19.2 Å². The van der Waals surface area contributed by atoms with E-state index in [0.29, 0.717) is 18.7 Å². The van der Waals surface area contributed by atoms with E-state index in [-0.39, 0.29) is 12.0 Å². The molecule has 0 unspecified atom stereocenters. The second-order valence-corrected chi connectivity index (χ2v) is 5.33. The monoisotopic (exact) mass is 304 g/mol. The van der Waals surface area contributed by atoms with Gasteiger partial charge < -0.3 is 20.6 Å². The Labute approximate surface area is 131 Å². The van der Waals surface area contributed by atoms with E-state index < -0.39 is 0 Å². The van der Waals surface area contributed by atoms with Crippen LogP contribution < -0.4 is 10.6 Å². The predicted octanol–water partition coefficient (Wildman–Crippen LogP) is 0.578. The molecule has 0 radical (unpaired) electrons. The molecule has 6 nitrogen and oxygen atoms in total. The topological polar surface area (TPSA) is 77.0 Å². The van der Waals surface area contributed by atoms with Gasteiger partial charge in [-0.15, -0.1) is 0 Å². The molecule has 2 rings (SSSR count). The zero-order chi connectivity index (χ0) is 15.9. The van der Waals surface area contributed by atoms with Crippen molar-refractivity contribution < 1.29 is 9.90 Å². The summed E-state index contributed by atoms with van der Waals surface area (Å²) in [6.07, 6.45) is 0.515. The third-order valence-corrected chi connectivity index (χ3v) is 3.65. The molecule has 0 bridgehead atoms. The molecule has 0 aliphatic carbocycles. The van der Waals surface area contributed by atoms with Crippen molar-refractivity contribution in [1.82, 2.24) is 15.5 Å². The van der Waals surface area contributed by atoms with Gasteiger partial charge in [0, 0.05) is 32.2 Å². The highest BCUT2D eigenvalue weighted by Crippen LogP contribution is 2.10. The first kappa shape index (κ1) is 16.3. The summed E-state index contributed by atoms with van der Waals surface area (Å²) in [5, 5.41) is 15.5. The summed E-state index contributed by atoms with van der Waals surface area (Å²) in [4.78, 5) is 18.2. The van der Waals surface area contributed by atoms with E-state index in [4.69, 9.17) is 0 Å². The Hall–Kier alpha value is -2.08. The highest BCUT2D eigenvalue weighted by molar-refractivity contribution is 5.93. The first-order valence-corrected chi connectivity index (χ1v) is 7.66. The molecule has 1 fully saturated rings. The number of benzene rings is 1. The molecule has 1 aliphatic heterocycles. The first-order chi connectivity index (χ1) is 10.6. The van der Waals surface area contributed by atoms with Gasteiger partial charge in [0.1, 0.15) is 0 Å². The lowest BCUT2D eigenvalue weighted by atomic mass is 10.1. The maximum absolute atomic E-state index is 11.5. The molecular formula is C16H24N4O2. The third kappa shape index (κ3) is 4.21. The molecule has 1 heterocycles. The predicted molar refractivity (Wildman–Crippen MR) is 86.8 cm³/mol. The Morgan fingerprint density at radius 3 is 2.68 bits per heavy atom. The number of hydrogen-bond donors (Lipinski definition) is 3. The normalized spacial score (nSPS) is 18.4. The van der Waals surface area contributed by atoms with Crippen molar-refractivity contribution >= 4 is 11.9 Å². The molecule has 1 atom stereocenters. The molecule has 0 aromatic heterocycles. The maximum Gasteiger partial charge on any atom is 0.251 e. The number of nitrogens with one attached hydrogen (secondary N) is 2. The molecule has 0 spiro atoms. The summed E-state index contributed by atoms with van der Waals surface area (Å²) < 4.78 is 0. The second-order valence-electron chi connectivity index (χ2n) is 5.33. The summed E-state index contributed by atoms with van der Waals surface area (Å²) in [5.74, 6) is 0.740. The van der Waals surface area contributed by atoms with Crippen LogP contribution in [0.2, 0.25) is 0 Å². The minimum atomic E-state index is -0.268. The van der Waals surface area contributed by atoms with Crippen LogP contribution in [0.25, 0.3) is 0 Å². The number of aliphatic imine (C=N–C) groups is 1. The molecule has 1 saturated heterocycles. The van der Waals surface area contributed by atoms with Gasteiger partial charge in [-0.2, -0.15) is 0 Å². The van der Waals surface area contributed by atoms with Crippen LogP contribution >= 0.6 is 0 Å². The Kier molecular flexibility index (Phi) is 5.77. The molecule has 0 saturated carbocycles. The largest absolute Gasteiger partial charge is 0.391 e. The standard InChI is InChI=1S/C16H24N4O2/c1-3-18-16(20-9-8-14(21)11-20)19-10-12-4-6-13(7-5-12)15(22)17-2/h4-7,14,21H,3,8-11H2,1-2H3,(H,17,22)(H,18,19)/t14-/m1/s1. The number of β-amino-alcohol motifs (C(OH)–C–C–N with tert-alkyl or cyclic N) is 1. The molecule has 1 aromatic rings. The van der Waals surface area contributed by atoms with Gasteiger partial charge in [-0.05, 0) is 31.0 Å². The number of carbonyl (C=O) groups is 1. The molecule has 1 aromatic carbocycles. The minimum Gasteiger partial charge on any atom is -0.391 e. The van der Waals surface area contributed by atoms with Gasteiger partial charge >= 0.3 is 0 Å². The Bertz CT molecular complexity index is 527. The fourth-order valence-corrected chi connectivity index (χ4v) is 2.43. The van der Waals surface area contributed by atoms with Gasteiger partial charge in [0.25, 0.3) is 5.91 Å². The van der Waals surface area contributed by atoms with Crippen molar-refractivity contribution in [3.8, 4) is 0 Å². The van der Waals surface area contributed by atoms with E-state index in [1.807, 2.05) is 19.1 Å². The van der Waals surface area contributed by atoms with Gasteiger partial charge in [0.2, 0.25) is 0 Å². The number of aliphatic hydroxyl groups is 1. The number of nitrogens with zero attached hydrogens (tertiary/aromatic N) is 2. The Morgan fingerprint density at radius 2 is 2.14 bits per heavy atom. The highest BCUT2D eigenvalue weighted by Gasteiger charge is 2.22. The van der Waals surface area contributed by atoms with Gasteiger partial charge in [0.05, 0.1) is 12.6 Å². The molecule has 22 heavy (non-hydrogen) atoms. The fraction of sp³-hybridized carbons (Fsp3) is 0.500. The average molecular weight is 304 g/mol. The number of hydrogen-bond acceptors (Lipinski definition) is 3. The summed E-state index contributed by atoms with van der Waals surface area (Å²) >= 11 is 0.